The number of aromatic nitrogens is 2. The molecule has 0 unspecified atom stereocenters. The molecule has 2 N–H and O–H groups in total. The number of amides is 1. The van der Waals surface area contributed by atoms with Crippen molar-refractivity contribution in [3.63, 3.8) is 0 Å². The van der Waals surface area contributed by atoms with Crippen molar-refractivity contribution in [3.8, 4) is 0 Å². The highest BCUT2D eigenvalue weighted by molar-refractivity contribution is 5.75. The summed E-state index contributed by atoms with van der Waals surface area (Å²) in [6, 6.07) is 0. The fourth-order valence-corrected chi connectivity index (χ4v) is 1.71. The Hall–Kier alpha value is -1.85. The second kappa shape index (κ2) is 5.20. The van der Waals surface area contributed by atoms with Gasteiger partial charge >= 0.3 is 5.69 Å². The van der Waals surface area contributed by atoms with Gasteiger partial charge in [0.15, 0.2) is 0 Å². The van der Waals surface area contributed by atoms with E-state index in [-0.39, 0.29) is 18.0 Å². The Morgan fingerprint density at radius 1 is 1.50 bits per heavy atom. The number of nitrogens with one attached hydrogen (secondary N) is 2. The average Bonchev–Trinajstić information content (AvgIpc) is 3.14. The van der Waals surface area contributed by atoms with Crippen LogP contribution in [0.4, 0.5) is 0 Å². The first-order valence-electron chi connectivity index (χ1n) is 6.19. The third-order valence-corrected chi connectivity index (χ3v) is 3.06. The number of nitrogens with zero attached hydrogens (tertiary/aromatic N) is 1. The van der Waals surface area contributed by atoms with E-state index in [0.29, 0.717) is 24.4 Å². The molecule has 0 bridgehead atoms. The summed E-state index contributed by atoms with van der Waals surface area (Å²) in [7, 11) is 0. The number of aromatic amines is 1. The first kappa shape index (κ1) is 12.6. The van der Waals surface area contributed by atoms with Gasteiger partial charge in [0.05, 0.1) is 0 Å². The van der Waals surface area contributed by atoms with Gasteiger partial charge < -0.3 is 5.32 Å². The van der Waals surface area contributed by atoms with Crippen LogP contribution in [0.25, 0.3) is 0 Å². The Balaban J connectivity index is 2.05. The fourth-order valence-electron chi connectivity index (χ4n) is 1.71. The van der Waals surface area contributed by atoms with Gasteiger partial charge in [-0.25, -0.2) is 4.79 Å². The van der Waals surface area contributed by atoms with Gasteiger partial charge in [-0.1, -0.05) is 6.92 Å². The van der Waals surface area contributed by atoms with Crippen molar-refractivity contribution >= 4 is 5.91 Å². The molecule has 1 aromatic rings. The van der Waals surface area contributed by atoms with Crippen molar-refractivity contribution in [1.82, 2.24) is 14.9 Å². The van der Waals surface area contributed by atoms with Gasteiger partial charge in [-0.05, 0) is 25.2 Å². The maximum Gasteiger partial charge on any atom is 0.328 e. The van der Waals surface area contributed by atoms with E-state index in [1.165, 1.54) is 23.6 Å². The van der Waals surface area contributed by atoms with Gasteiger partial charge in [-0.15, -0.1) is 0 Å². The van der Waals surface area contributed by atoms with Crippen LogP contribution in [0, 0.1) is 5.92 Å². The number of aryl methyl sites for hydroxylation is 1. The van der Waals surface area contributed by atoms with Gasteiger partial charge in [0.2, 0.25) is 5.91 Å². The monoisotopic (exact) mass is 251 g/mol. The zero-order chi connectivity index (χ0) is 13.1. The normalized spacial score (nSPS) is 14.5. The molecule has 0 saturated heterocycles. The zero-order valence-electron chi connectivity index (χ0n) is 10.4. The topological polar surface area (TPSA) is 84.0 Å². The van der Waals surface area contributed by atoms with Crippen LogP contribution < -0.4 is 16.6 Å². The summed E-state index contributed by atoms with van der Waals surface area (Å²) in [5.41, 5.74) is -0.416. The van der Waals surface area contributed by atoms with Gasteiger partial charge in [0.25, 0.3) is 5.56 Å². The van der Waals surface area contributed by atoms with E-state index in [1.54, 1.807) is 0 Å². The lowest BCUT2D eigenvalue weighted by molar-refractivity contribution is -0.121. The summed E-state index contributed by atoms with van der Waals surface area (Å²) in [6.45, 7) is 2.46. The van der Waals surface area contributed by atoms with Crippen LogP contribution in [0.2, 0.25) is 0 Å². The van der Waals surface area contributed by atoms with Crippen molar-refractivity contribution in [3.05, 3.63) is 32.6 Å². The van der Waals surface area contributed by atoms with Crippen LogP contribution in [-0.4, -0.2) is 22.0 Å². The van der Waals surface area contributed by atoms with E-state index in [4.69, 9.17) is 0 Å². The minimum absolute atomic E-state index is 0.0463. The highest BCUT2D eigenvalue weighted by Crippen LogP contribution is 2.27. The number of carbonyl (C=O) groups is 1. The SMILES string of the molecule is CCc1cn(CC(=O)NCC2CC2)c(=O)[nH]c1=O. The Morgan fingerprint density at radius 2 is 2.22 bits per heavy atom. The summed E-state index contributed by atoms with van der Waals surface area (Å²) in [5, 5.41) is 2.78. The molecule has 6 heteroatoms. The van der Waals surface area contributed by atoms with Gasteiger partial charge in [-0.3, -0.25) is 19.1 Å². The number of rotatable bonds is 5. The quantitative estimate of drug-likeness (QED) is 0.748. The Kier molecular flexibility index (Phi) is 3.64. The van der Waals surface area contributed by atoms with Crippen molar-refractivity contribution in [2.75, 3.05) is 6.54 Å². The molecule has 1 aliphatic carbocycles. The average molecular weight is 251 g/mol. The second-order valence-electron chi connectivity index (χ2n) is 4.64. The van der Waals surface area contributed by atoms with E-state index in [0.717, 1.165) is 0 Å². The molecule has 0 radical (unpaired) electrons. The molecule has 1 aromatic heterocycles. The van der Waals surface area contributed by atoms with Crippen molar-refractivity contribution < 1.29 is 4.79 Å². The highest BCUT2D eigenvalue weighted by Gasteiger charge is 2.21. The molecular weight excluding hydrogens is 234 g/mol. The van der Waals surface area contributed by atoms with Crippen molar-refractivity contribution in [2.24, 2.45) is 5.92 Å². The highest BCUT2D eigenvalue weighted by atomic mass is 16.2. The molecule has 1 fully saturated rings. The van der Waals surface area contributed by atoms with E-state index in [9.17, 15) is 14.4 Å². The number of H-pyrrole nitrogens is 1. The van der Waals surface area contributed by atoms with Crippen LogP contribution >= 0.6 is 0 Å². The van der Waals surface area contributed by atoms with Crippen molar-refractivity contribution in [2.45, 2.75) is 32.7 Å². The van der Waals surface area contributed by atoms with Crippen LogP contribution in [0.3, 0.4) is 0 Å². The molecule has 18 heavy (non-hydrogen) atoms. The van der Waals surface area contributed by atoms with Crippen molar-refractivity contribution in [1.29, 1.82) is 0 Å². The summed E-state index contributed by atoms with van der Waals surface area (Å²) in [6.07, 6.45) is 4.31. The molecular formula is C12H17N3O3. The minimum Gasteiger partial charge on any atom is -0.354 e. The lowest BCUT2D eigenvalue weighted by atomic mass is 10.2. The molecule has 1 saturated carbocycles. The smallest absolute Gasteiger partial charge is 0.328 e. The summed E-state index contributed by atoms with van der Waals surface area (Å²) in [4.78, 5) is 36.7. The molecule has 2 rings (SSSR count). The maximum absolute atomic E-state index is 11.6. The first-order chi connectivity index (χ1) is 8.60. The zero-order valence-corrected chi connectivity index (χ0v) is 10.4. The van der Waals surface area contributed by atoms with E-state index in [1.807, 2.05) is 6.92 Å². The molecule has 0 atom stereocenters. The third kappa shape index (κ3) is 3.09. The molecule has 0 aromatic carbocycles. The van der Waals surface area contributed by atoms with Crippen LogP contribution in [0.5, 0.6) is 0 Å². The van der Waals surface area contributed by atoms with Gasteiger partial charge in [0.1, 0.15) is 6.54 Å². The lowest BCUT2D eigenvalue weighted by Gasteiger charge is -2.07. The predicted octanol–water partition coefficient (Wildman–Crippen LogP) is -0.375. The molecule has 98 valence electrons. The van der Waals surface area contributed by atoms with E-state index < -0.39 is 5.69 Å². The molecule has 1 aliphatic rings. The summed E-state index contributed by atoms with van der Waals surface area (Å²) >= 11 is 0. The third-order valence-electron chi connectivity index (χ3n) is 3.06. The van der Waals surface area contributed by atoms with Crippen LogP contribution in [0.1, 0.15) is 25.3 Å². The number of hydrogen-bond donors (Lipinski definition) is 2. The lowest BCUT2D eigenvalue weighted by Crippen LogP contribution is -2.37. The van der Waals surface area contributed by atoms with E-state index >= 15 is 0 Å². The number of hydrogen-bond acceptors (Lipinski definition) is 3. The standard InChI is InChI=1S/C12H17N3O3/c1-2-9-6-15(12(18)14-11(9)17)7-10(16)13-5-8-3-4-8/h6,8H,2-5,7H2,1H3,(H,13,16)(H,14,17,18). The summed E-state index contributed by atoms with van der Waals surface area (Å²) in [5.74, 6) is 0.408. The molecule has 1 heterocycles. The Morgan fingerprint density at radius 3 is 2.83 bits per heavy atom. The fraction of sp³-hybridized carbons (Fsp3) is 0.583. The van der Waals surface area contributed by atoms with Gasteiger partial charge in [0, 0.05) is 18.3 Å². The molecule has 0 aliphatic heterocycles. The van der Waals surface area contributed by atoms with Gasteiger partial charge in [-0.2, -0.15) is 0 Å². The first-order valence-corrected chi connectivity index (χ1v) is 6.19. The number of carbonyl (C=O) groups excluding carboxylic acids is 1. The van der Waals surface area contributed by atoms with E-state index in [2.05, 4.69) is 10.3 Å². The second-order valence-corrected chi connectivity index (χ2v) is 4.64. The molecule has 0 spiro atoms. The minimum atomic E-state index is -0.543. The molecule has 1 amide bonds. The summed E-state index contributed by atoms with van der Waals surface area (Å²) < 4.78 is 1.24. The maximum atomic E-state index is 11.6. The predicted molar refractivity (Wildman–Crippen MR) is 66.4 cm³/mol. The Labute approximate surface area is 104 Å². The Bertz CT molecular complexity index is 554. The van der Waals surface area contributed by atoms with Crippen LogP contribution in [0.15, 0.2) is 15.8 Å². The molecule has 6 nitrogen and oxygen atoms in total. The van der Waals surface area contributed by atoms with Crippen LogP contribution in [-0.2, 0) is 17.8 Å². The largest absolute Gasteiger partial charge is 0.354 e.